The van der Waals surface area contributed by atoms with Gasteiger partial charge in [-0.3, -0.25) is 28.9 Å². The molecule has 5 amide bonds. The first-order valence-corrected chi connectivity index (χ1v) is 17.0. The van der Waals surface area contributed by atoms with Crippen LogP contribution >= 0.6 is 15.9 Å². The third-order valence-electron chi connectivity index (χ3n) is 9.25. The topological polar surface area (TPSA) is 116 Å². The van der Waals surface area contributed by atoms with Crippen molar-refractivity contribution in [1.82, 2.24) is 20.4 Å². The average molecular weight is 690 g/mol. The van der Waals surface area contributed by atoms with Crippen molar-refractivity contribution < 1.29 is 24.0 Å². The smallest absolute Gasteiger partial charge is 0.261 e. The number of amides is 5. The molecule has 10 heteroatoms. The van der Waals surface area contributed by atoms with Gasteiger partial charge in [-0.05, 0) is 61.6 Å². The Morgan fingerprint density at radius 2 is 1.63 bits per heavy atom. The van der Waals surface area contributed by atoms with Gasteiger partial charge >= 0.3 is 0 Å². The molecule has 5 rings (SSSR count). The molecule has 2 aliphatic heterocycles. The summed E-state index contributed by atoms with van der Waals surface area (Å²) >= 11 is 3.52. The van der Waals surface area contributed by atoms with Crippen molar-refractivity contribution in [1.29, 1.82) is 0 Å². The van der Waals surface area contributed by atoms with Crippen LogP contribution in [0.5, 0.6) is 0 Å². The third kappa shape index (κ3) is 7.66. The predicted octanol–water partition coefficient (Wildman–Crippen LogP) is 4.43. The molecule has 0 saturated carbocycles. The summed E-state index contributed by atoms with van der Waals surface area (Å²) in [5.74, 6) is -0.963. The van der Waals surface area contributed by atoms with Gasteiger partial charge < -0.3 is 15.5 Å². The standard InChI is InChI=1S/C36H41BrN4O5/c1-38-33(43)31(22-24-12-4-2-5-13-24)40-21-19-26(25-14-6-3-7-15-25)23-30(36(40)46)39-32(42)29(37)18-10-11-20-41-34(44)27-16-8-9-17-28(27)35(41)45/h2-9,12-14,16-17,25-26,29-31H,10-11,15,18-23H2,1H3,(H,38,43)(H,39,42)/t25-,26?,29?,30?,31-/m0/s1. The van der Waals surface area contributed by atoms with Crippen LogP contribution in [-0.4, -0.2) is 76.4 Å². The Balaban J connectivity index is 1.23. The first-order chi connectivity index (χ1) is 22.3. The van der Waals surface area contributed by atoms with Crippen molar-refractivity contribution in [2.24, 2.45) is 11.8 Å². The van der Waals surface area contributed by atoms with Crippen molar-refractivity contribution >= 4 is 45.5 Å². The van der Waals surface area contributed by atoms with E-state index in [4.69, 9.17) is 0 Å². The minimum atomic E-state index is -0.777. The van der Waals surface area contributed by atoms with Crippen LogP contribution in [0.25, 0.3) is 0 Å². The lowest BCUT2D eigenvalue weighted by Gasteiger charge is -2.32. The van der Waals surface area contributed by atoms with Crippen LogP contribution in [0.4, 0.5) is 0 Å². The Labute approximate surface area is 278 Å². The molecule has 1 saturated heterocycles. The predicted molar refractivity (Wildman–Crippen MR) is 179 cm³/mol. The van der Waals surface area contributed by atoms with E-state index in [1.807, 2.05) is 42.5 Å². The van der Waals surface area contributed by atoms with Gasteiger partial charge in [0.1, 0.15) is 12.1 Å². The Bertz CT molecular complexity index is 1470. The molecule has 9 nitrogen and oxygen atoms in total. The molecule has 2 aromatic rings. The molecule has 2 N–H and O–H groups in total. The van der Waals surface area contributed by atoms with Crippen LogP contribution in [-0.2, 0) is 20.8 Å². The molecule has 46 heavy (non-hydrogen) atoms. The van der Waals surface area contributed by atoms with Crippen molar-refractivity contribution in [3.05, 3.63) is 95.6 Å². The Morgan fingerprint density at radius 1 is 0.935 bits per heavy atom. The Kier molecular flexibility index (Phi) is 11.2. The number of hydrogen-bond donors (Lipinski definition) is 2. The number of nitrogens with one attached hydrogen (secondary N) is 2. The van der Waals surface area contributed by atoms with Gasteiger partial charge in [-0.2, -0.15) is 0 Å². The molecule has 3 aliphatic rings. The van der Waals surface area contributed by atoms with Gasteiger partial charge in [0.05, 0.1) is 16.0 Å². The van der Waals surface area contributed by atoms with Gasteiger partial charge in [0, 0.05) is 26.6 Å². The van der Waals surface area contributed by atoms with Crippen molar-refractivity contribution in [3.63, 3.8) is 0 Å². The second kappa shape index (κ2) is 15.5. The van der Waals surface area contributed by atoms with E-state index in [1.165, 1.54) is 4.90 Å². The summed E-state index contributed by atoms with van der Waals surface area (Å²) in [5.41, 5.74) is 1.80. The number of carbonyl (C=O) groups is 5. The molecule has 0 bridgehead atoms. The summed E-state index contributed by atoms with van der Waals surface area (Å²) in [7, 11) is 1.58. The van der Waals surface area contributed by atoms with Gasteiger partial charge in [-0.15, -0.1) is 0 Å². The number of rotatable bonds is 12. The number of likely N-dealkylation sites (tertiary alicyclic amines) is 1. The maximum atomic E-state index is 14.2. The van der Waals surface area contributed by atoms with Gasteiger partial charge in [0.2, 0.25) is 17.7 Å². The number of hydrogen-bond acceptors (Lipinski definition) is 5. The van der Waals surface area contributed by atoms with Crippen LogP contribution in [0.3, 0.4) is 0 Å². The fraction of sp³-hybridized carbons (Fsp3) is 0.417. The number of alkyl halides is 1. The van der Waals surface area contributed by atoms with E-state index < -0.39 is 16.9 Å². The van der Waals surface area contributed by atoms with E-state index in [0.29, 0.717) is 49.8 Å². The first-order valence-electron chi connectivity index (χ1n) is 16.1. The summed E-state index contributed by atoms with van der Waals surface area (Å²) in [4.78, 5) is 68.5. The highest BCUT2D eigenvalue weighted by Crippen LogP contribution is 2.32. The van der Waals surface area contributed by atoms with Crippen molar-refractivity contribution in [2.45, 2.75) is 61.9 Å². The van der Waals surface area contributed by atoms with Crippen LogP contribution < -0.4 is 10.6 Å². The fourth-order valence-electron chi connectivity index (χ4n) is 6.68. The van der Waals surface area contributed by atoms with Crippen LogP contribution in [0, 0.1) is 11.8 Å². The molecular formula is C36H41BrN4O5. The number of likely N-dealkylation sites (N-methyl/N-ethyl adjacent to an activating group) is 1. The number of benzene rings is 2. The summed E-state index contributed by atoms with van der Waals surface area (Å²) < 4.78 is 0. The lowest BCUT2D eigenvalue weighted by Crippen LogP contribution is -2.56. The van der Waals surface area contributed by atoms with Crippen LogP contribution in [0.1, 0.15) is 64.8 Å². The maximum absolute atomic E-state index is 14.2. The minimum Gasteiger partial charge on any atom is -0.357 e. The van der Waals surface area contributed by atoms with Crippen LogP contribution in [0.2, 0.25) is 0 Å². The molecule has 1 fully saturated rings. The second-order valence-corrected chi connectivity index (χ2v) is 13.3. The van der Waals surface area contributed by atoms with Gasteiger partial charge in [0.15, 0.2) is 0 Å². The number of allylic oxidation sites excluding steroid dienone is 4. The zero-order chi connectivity index (χ0) is 32.6. The van der Waals surface area contributed by atoms with E-state index >= 15 is 0 Å². The highest BCUT2D eigenvalue weighted by Gasteiger charge is 2.40. The Hall–Kier alpha value is -4.05. The number of imide groups is 1. The van der Waals surface area contributed by atoms with E-state index in [2.05, 4.69) is 38.7 Å². The quantitative estimate of drug-likeness (QED) is 0.195. The molecule has 0 radical (unpaired) electrons. The third-order valence-corrected chi connectivity index (χ3v) is 10.1. The second-order valence-electron chi connectivity index (χ2n) is 12.2. The molecule has 5 atom stereocenters. The highest BCUT2D eigenvalue weighted by atomic mass is 79.9. The molecular weight excluding hydrogens is 648 g/mol. The largest absolute Gasteiger partial charge is 0.357 e. The summed E-state index contributed by atoms with van der Waals surface area (Å²) in [6.07, 6.45) is 12.4. The molecule has 242 valence electrons. The van der Waals surface area contributed by atoms with Crippen LogP contribution in [0.15, 0.2) is 78.9 Å². The fourth-order valence-corrected chi connectivity index (χ4v) is 7.14. The highest BCUT2D eigenvalue weighted by molar-refractivity contribution is 9.10. The zero-order valence-corrected chi connectivity index (χ0v) is 27.7. The van der Waals surface area contributed by atoms with E-state index in [9.17, 15) is 24.0 Å². The Morgan fingerprint density at radius 3 is 2.28 bits per heavy atom. The van der Waals surface area contributed by atoms with E-state index in [0.717, 1.165) is 18.4 Å². The maximum Gasteiger partial charge on any atom is 0.261 e. The normalized spacial score (nSPS) is 22.3. The number of unbranched alkanes of at least 4 members (excludes halogenated alkanes) is 1. The lowest BCUT2D eigenvalue weighted by molar-refractivity contribution is -0.142. The van der Waals surface area contributed by atoms with Crippen molar-refractivity contribution in [2.75, 3.05) is 20.1 Å². The monoisotopic (exact) mass is 688 g/mol. The lowest BCUT2D eigenvalue weighted by atomic mass is 9.81. The summed E-state index contributed by atoms with van der Waals surface area (Å²) in [6.45, 7) is 0.696. The van der Waals surface area contributed by atoms with Gasteiger partial charge in [-0.1, -0.05) is 89.1 Å². The summed E-state index contributed by atoms with van der Waals surface area (Å²) in [6, 6.07) is 15.0. The number of nitrogens with zero attached hydrogens (tertiary/aromatic N) is 2. The van der Waals surface area contributed by atoms with E-state index in [-0.39, 0.29) is 47.9 Å². The first kappa shape index (κ1) is 33.3. The van der Waals surface area contributed by atoms with Gasteiger partial charge in [0.25, 0.3) is 11.8 Å². The number of fused-ring (bicyclic) bond motifs is 1. The zero-order valence-electron chi connectivity index (χ0n) is 26.1. The molecule has 1 aliphatic carbocycles. The molecule has 0 spiro atoms. The molecule has 0 aromatic heterocycles. The van der Waals surface area contributed by atoms with Gasteiger partial charge in [-0.25, -0.2) is 0 Å². The van der Waals surface area contributed by atoms with Crippen molar-refractivity contribution in [3.8, 4) is 0 Å². The molecule has 3 unspecified atom stereocenters. The minimum absolute atomic E-state index is 0.149. The number of halogens is 1. The number of carbonyl (C=O) groups excluding carboxylic acids is 5. The molecule has 2 heterocycles. The van der Waals surface area contributed by atoms with E-state index in [1.54, 1.807) is 36.2 Å². The molecule has 2 aromatic carbocycles. The SMILES string of the molecule is CNC(=O)[C@H](Cc1ccccc1)N1CCC([C@H]2C=CC=CC2)CC(NC(=O)C(Br)CCCCN2C(=O)c3ccccc3C2=O)C1=O. The average Bonchev–Trinajstić information content (AvgIpc) is 3.21. The summed E-state index contributed by atoms with van der Waals surface area (Å²) in [5, 5.41) is 5.76.